The van der Waals surface area contributed by atoms with E-state index in [1.54, 1.807) is 0 Å². The summed E-state index contributed by atoms with van der Waals surface area (Å²) in [6.07, 6.45) is 0. The van der Waals surface area contributed by atoms with E-state index < -0.39 is 0 Å². The van der Waals surface area contributed by atoms with Crippen LogP contribution in [0.5, 0.6) is 0 Å². The van der Waals surface area contributed by atoms with Gasteiger partial charge in [-0.3, -0.25) is 0 Å². The first-order valence-electron chi connectivity index (χ1n) is 33.2. The van der Waals surface area contributed by atoms with Gasteiger partial charge >= 0.3 is 0 Å². The first-order valence-corrected chi connectivity index (χ1v) is 33.2. The van der Waals surface area contributed by atoms with Crippen molar-refractivity contribution in [2.24, 2.45) is 0 Å². The predicted molar refractivity (Wildman–Crippen MR) is 397 cm³/mol. The predicted octanol–water partition coefficient (Wildman–Crippen LogP) is 25.1. The summed E-state index contributed by atoms with van der Waals surface area (Å²) in [6.45, 7) is 9.45. The lowest BCUT2D eigenvalue weighted by molar-refractivity contribution is 0.659. The number of hydrogen-bond acceptors (Lipinski definition) is 4. The van der Waals surface area contributed by atoms with Crippen molar-refractivity contribution in [2.45, 2.75) is 38.5 Å². The van der Waals surface area contributed by atoms with Gasteiger partial charge in [0, 0.05) is 92.4 Å². The molecule has 22 rings (SSSR count). The maximum atomic E-state index is 6.44. The van der Waals surface area contributed by atoms with Crippen LogP contribution in [-0.4, -0.2) is 9.13 Å². The van der Waals surface area contributed by atoms with Crippen molar-refractivity contribution in [3.8, 4) is 55.9 Å². The van der Waals surface area contributed by atoms with Crippen LogP contribution in [0.3, 0.4) is 0 Å². The van der Waals surface area contributed by atoms with E-state index in [4.69, 9.17) is 17.7 Å². The van der Waals surface area contributed by atoms with Crippen LogP contribution in [0.4, 0.5) is 0 Å². The molecule has 6 heteroatoms. The molecular weight excluding hydrogens is 1170 g/mol. The van der Waals surface area contributed by atoms with Gasteiger partial charge in [0.15, 0.2) is 0 Å². The largest absolute Gasteiger partial charge is 0.456 e. The third kappa shape index (κ3) is 7.41. The Hall–Kier alpha value is -12.1. The van der Waals surface area contributed by atoms with Crippen LogP contribution in [0.15, 0.2) is 297 Å². The molecule has 2 aliphatic carbocycles. The quantitative estimate of drug-likeness (QED) is 0.176. The minimum absolute atomic E-state index is 0.171. The summed E-state index contributed by atoms with van der Waals surface area (Å²) in [5, 5.41) is 14.0. The Morgan fingerprint density at radius 2 is 0.583 bits per heavy atom. The van der Waals surface area contributed by atoms with Gasteiger partial charge in [-0.05, 0) is 170 Å². The van der Waals surface area contributed by atoms with Gasteiger partial charge in [-0.2, -0.15) is 0 Å². The fourth-order valence-corrected chi connectivity index (χ4v) is 16.9. The third-order valence-corrected chi connectivity index (χ3v) is 21.6. The van der Waals surface area contributed by atoms with Gasteiger partial charge < -0.3 is 26.8 Å². The molecule has 0 atom stereocenters. The average molecular weight is 1230 g/mol. The maximum Gasteiger partial charge on any atom is 0.143 e. The Morgan fingerprint density at radius 3 is 1.10 bits per heavy atom. The van der Waals surface area contributed by atoms with Gasteiger partial charge in [0.05, 0.1) is 22.1 Å². The summed E-state index contributed by atoms with van der Waals surface area (Å²) >= 11 is 0. The van der Waals surface area contributed by atoms with Crippen molar-refractivity contribution >= 4 is 131 Å². The van der Waals surface area contributed by atoms with E-state index in [0.29, 0.717) is 0 Å². The van der Waals surface area contributed by atoms with Crippen LogP contribution in [0, 0.1) is 0 Å². The maximum absolute atomic E-state index is 6.44. The number of fused-ring (bicyclic) bond motifs is 24. The Bertz CT molecular complexity index is 6770. The van der Waals surface area contributed by atoms with Gasteiger partial charge in [0.25, 0.3) is 0 Å². The highest BCUT2D eigenvalue weighted by Gasteiger charge is 2.38. The number of rotatable bonds is 4. The monoisotopic (exact) mass is 1230 g/mol. The van der Waals surface area contributed by atoms with Crippen molar-refractivity contribution in [2.75, 3.05) is 0 Å². The standard InChI is InChI=1S/2C45H29NO2/c1-45(2)37-22-26(28-13-9-14-34-32-11-4-8-17-42(32)48-44(28)34)18-20-29(37)30-21-19-27(23-38(30)45)46-39-15-6-3-10-31(39)35-25-43-36(24-40(35)46)33-12-5-7-16-41(33)47-43;1-45(2)37-22-27(26-16-20-43-35(21-26)32-10-4-7-13-41(32)47-43)15-18-29(37)30-19-17-28(23-38(30)45)46-39-12-6-3-9-31(39)34-25-44-36(24-40(34)46)33-11-5-8-14-42(33)48-44/h2*3-25H,1-2H3. The minimum atomic E-state index is -0.189. The summed E-state index contributed by atoms with van der Waals surface area (Å²) < 4.78 is 30.0. The van der Waals surface area contributed by atoms with E-state index >= 15 is 0 Å². The second-order valence-electron chi connectivity index (χ2n) is 27.5. The lowest BCUT2D eigenvalue weighted by Crippen LogP contribution is -2.15. The highest BCUT2D eigenvalue weighted by molar-refractivity contribution is 6.19. The van der Waals surface area contributed by atoms with Crippen molar-refractivity contribution in [3.63, 3.8) is 0 Å². The molecule has 0 unspecified atom stereocenters. The van der Waals surface area contributed by atoms with E-state index in [9.17, 15) is 0 Å². The van der Waals surface area contributed by atoms with Crippen molar-refractivity contribution < 1.29 is 17.7 Å². The zero-order valence-corrected chi connectivity index (χ0v) is 53.1. The Balaban J connectivity index is 0.000000127. The molecule has 20 aromatic rings. The molecule has 96 heavy (non-hydrogen) atoms. The first kappa shape index (κ1) is 53.4. The molecule has 0 amide bonds. The molecule has 0 spiro atoms. The van der Waals surface area contributed by atoms with Crippen LogP contribution in [-0.2, 0) is 10.8 Å². The zero-order valence-electron chi connectivity index (χ0n) is 53.1. The minimum Gasteiger partial charge on any atom is -0.456 e. The normalized spacial score (nSPS) is 13.8. The lowest BCUT2D eigenvalue weighted by atomic mass is 9.81. The van der Waals surface area contributed by atoms with E-state index in [-0.39, 0.29) is 10.8 Å². The third-order valence-electron chi connectivity index (χ3n) is 21.6. The second-order valence-corrected chi connectivity index (χ2v) is 27.5. The summed E-state index contributed by atoms with van der Waals surface area (Å²) in [5.74, 6) is 0. The Morgan fingerprint density at radius 1 is 0.219 bits per heavy atom. The lowest BCUT2D eigenvalue weighted by Gasteiger charge is -2.23. The molecule has 6 aromatic heterocycles. The molecule has 0 fully saturated rings. The van der Waals surface area contributed by atoms with Crippen LogP contribution in [0.2, 0.25) is 0 Å². The van der Waals surface area contributed by atoms with Crippen LogP contribution in [0.1, 0.15) is 49.9 Å². The van der Waals surface area contributed by atoms with Crippen LogP contribution < -0.4 is 0 Å². The molecule has 0 saturated heterocycles. The van der Waals surface area contributed by atoms with E-state index in [1.807, 2.05) is 30.3 Å². The fraction of sp³-hybridized carbons (Fsp3) is 0.0667. The number of aromatic nitrogens is 2. The van der Waals surface area contributed by atoms with Crippen molar-refractivity contribution in [1.29, 1.82) is 0 Å². The summed E-state index contributed by atoms with van der Waals surface area (Å²) in [6, 6.07) is 101. The van der Waals surface area contributed by atoms with Gasteiger partial charge in [0.1, 0.15) is 44.7 Å². The Kier molecular flexibility index (Phi) is 10.7. The van der Waals surface area contributed by atoms with Crippen LogP contribution in [0.25, 0.3) is 187 Å². The molecule has 0 saturated carbocycles. The summed E-state index contributed by atoms with van der Waals surface area (Å²) in [4.78, 5) is 0. The molecule has 6 heterocycles. The summed E-state index contributed by atoms with van der Waals surface area (Å²) in [5.41, 5.74) is 29.5. The number of para-hydroxylation sites is 7. The number of hydrogen-bond donors (Lipinski definition) is 0. The topological polar surface area (TPSA) is 62.4 Å². The highest BCUT2D eigenvalue weighted by atomic mass is 16.3. The fourth-order valence-electron chi connectivity index (χ4n) is 16.9. The van der Waals surface area contributed by atoms with Crippen LogP contribution >= 0.6 is 0 Å². The first-order chi connectivity index (χ1) is 47.1. The molecule has 0 aliphatic heterocycles. The molecule has 0 radical (unpaired) electrons. The summed E-state index contributed by atoms with van der Waals surface area (Å²) in [7, 11) is 0. The van der Waals surface area contributed by atoms with Gasteiger partial charge in [-0.15, -0.1) is 0 Å². The smallest absolute Gasteiger partial charge is 0.143 e. The van der Waals surface area contributed by atoms with Gasteiger partial charge in [-0.1, -0.05) is 198 Å². The van der Waals surface area contributed by atoms with E-state index in [0.717, 1.165) is 93.3 Å². The van der Waals surface area contributed by atoms with E-state index in [1.165, 1.54) is 116 Å². The molecule has 0 N–H and O–H groups in total. The van der Waals surface area contributed by atoms with Crippen molar-refractivity contribution in [1.82, 2.24) is 9.13 Å². The van der Waals surface area contributed by atoms with Crippen molar-refractivity contribution in [3.05, 3.63) is 301 Å². The SMILES string of the molecule is CC1(C)c2cc(-c3ccc4oc5ccccc5c4c3)ccc2-c2ccc(-n3c4ccccc4c4cc5oc6ccccc6c5cc43)cc21.CC1(C)c2cc(-c3cccc4c3oc3ccccc34)ccc2-c2ccc(-n3c4ccccc4c4cc5oc6ccccc6c5cc43)cc21. The van der Waals surface area contributed by atoms with E-state index in [2.05, 4.69) is 286 Å². The Labute approximate surface area is 550 Å². The number of benzene rings is 14. The molecular formula is C90H58N2O4. The molecule has 6 nitrogen and oxygen atoms in total. The highest BCUT2D eigenvalue weighted by Crippen LogP contribution is 2.54. The molecule has 452 valence electrons. The number of furan rings is 4. The molecule has 2 aliphatic rings. The number of nitrogens with zero attached hydrogens (tertiary/aromatic N) is 2. The molecule has 0 bridgehead atoms. The molecule has 14 aromatic carbocycles. The zero-order chi connectivity index (χ0) is 63.4. The average Bonchev–Trinajstić information content (AvgIpc) is 1.57. The second kappa shape index (κ2) is 19.3. The van der Waals surface area contributed by atoms with Gasteiger partial charge in [0.2, 0.25) is 0 Å². The van der Waals surface area contributed by atoms with Gasteiger partial charge in [-0.25, -0.2) is 0 Å².